The summed E-state index contributed by atoms with van der Waals surface area (Å²) in [4.78, 5) is 0. The Labute approximate surface area is 47.5 Å². The van der Waals surface area contributed by atoms with Crippen molar-refractivity contribution in [2.24, 2.45) is 0 Å². The minimum absolute atomic E-state index is 0.465. The zero-order valence-corrected chi connectivity index (χ0v) is 4.50. The van der Waals surface area contributed by atoms with Gasteiger partial charge in [-0.05, 0) is 0 Å². The molecule has 39 valence electrons. The van der Waals surface area contributed by atoms with Crippen LogP contribution in [0, 0.1) is 11.3 Å². The Bertz CT molecular complexity index is 184. The molecular weight excluding hydrogens is 102 g/mol. The van der Waals surface area contributed by atoms with E-state index >= 15 is 0 Å². The summed E-state index contributed by atoms with van der Waals surface area (Å²) >= 11 is 0. The molecule has 0 saturated carbocycles. The van der Waals surface area contributed by atoms with Gasteiger partial charge in [0, 0.05) is 0 Å². The predicted octanol–water partition coefficient (Wildman–Crippen LogP) is -0.339. The van der Waals surface area contributed by atoms with Crippen molar-refractivity contribution in [1.82, 2.24) is 10.1 Å². The summed E-state index contributed by atoms with van der Waals surface area (Å²) in [6.07, 6.45) is 3.40. The van der Waals surface area contributed by atoms with E-state index in [9.17, 15) is 0 Å². The highest BCUT2D eigenvalue weighted by molar-refractivity contribution is 6.06. The molecule has 3 heteroatoms. The first-order valence-electron chi connectivity index (χ1n) is 2.22. The molecule has 0 aromatic heterocycles. The molecule has 0 N–H and O–H groups in total. The van der Waals surface area contributed by atoms with E-state index in [1.54, 1.807) is 24.3 Å². The highest BCUT2D eigenvalue weighted by atomic mass is 15.4. The third-order valence-electron chi connectivity index (χ3n) is 0.828. The van der Waals surface area contributed by atoms with E-state index in [0.29, 0.717) is 5.71 Å². The summed E-state index contributed by atoms with van der Waals surface area (Å²) in [6, 6.07) is 1.92. The van der Waals surface area contributed by atoms with Crippen LogP contribution in [-0.2, 0) is 0 Å². The van der Waals surface area contributed by atoms with Gasteiger partial charge in [0.05, 0.1) is 19.3 Å². The Morgan fingerprint density at radius 3 is 2.88 bits per heavy atom. The lowest BCUT2D eigenvalue weighted by Crippen LogP contribution is -2.10. The van der Waals surface area contributed by atoms with Gasteiger partial charge in [-0.2, -0.15) is 5.26 Å². The molecule has 0 aromatic rings. The van der Waals surface area contributed by atoms with Gasteiger partial charge in [-0.25, -0.2) is 0 Å². The average molecular weight is 107 g/mol. The van der Waals surface area contributed by atoms with Crippen LogP contribution in [0.2, 0.25) is 0 Å². The number of allylic oxidation sites excluding steroid dienone is 1. The molecule has 8 heavy (non-hydrogen) atoms. The van der Waals surface area contributed by atoms with Crippen molar-refractivity contribution in [3.63, 3.8) is 0 Å². The first kappa shape index (κ1) is 4.85. The predicted molar refractivity (Wildman–Crippen MR) is 29.7 cm³/mol. The van der Waals surface area contributed by atoms with Crippen LogP contribution in [0.25, 0.3) is 0 Å². The van der Waals surface area contributed by atoms with Gasteiger partial charge < -0.3 is 0 Å². The van der Waals surface area contributed by atoms with Gasteiger partial charge in [0.15, 0.2) is 11.2 Å². The number of nitrogens with zero attached hydrogens (tertiary/aromatic N) is 3. The van der Waals surface area contributed by atoms with E-state index in [-0.39, 0.29) is 0 Å². The lowest BCUT2D eigenvalue weighted by Gasteiger charge is -1.79. The molecule has 0 aromatic carbocycles. The molecule has 0 spiro atoms. The lowest BCUT2D eigenvalue weighted by atomic mass is 10.4. The minimum Gasteiger partial charge on any atom is -0.186 e. The van der Waals surface area contributed by atoms with Crippen LogP contribution < -0.4 is 5.10 Å². The van der Waals surface area contributed by atoms with Gasteiger partial charge in [-0.1, -0.05) is 5.01 Å². The molecule has 3 nitrogen and oxygen atoms in total. The molecule has 0 bridgehead atoms. The number of hydrogen-bond donors (Lipinski definition) is 0. The van der Waals surface area contributed by atoms with Crippen molar-refractivity contribution in [1.29, 1.82) is 5.26 Å². The van der Waals surface area contributed by atoms with Gasteiger partial charge in [-0.15, -0.1) is 0 Å². The minimum atomic E-state index is 0.465. The zero-order chi connectivity index (χ0) is 5.98. The fraction of sp³-hybridized carbons (Fsp3) is 0.200. The molecule has 1 heterocycles. The Hall–Kier alpha value is -1.30. The normalized spacial score (nSPS) is 16.0. The maximum absolute atomic E-state index is 8.23. The maximum atomic E-state index is 8.23. The van der Waals surface area contributed by atoms with Gasteiger partial charge in [0.1, 0.15) is 0 Å². The third kappa shape index (κ3) is 0.684. The van der Waals surface area contributed by atoms with Crippen LogP contribution in [0.15, 0.2) is 12.3 Å². The van der Waals surface area contributed by atoms with Gasteiger partial charge in [0.25, 0.3) is 0 Å². The number of nitriles is 1. The standard InChI is InChI=1S/C5H5N3/c1-8-3-2-5(4-6)7-8/h2-3H,1H3/q+1. The summed E-state index contributed by atoms with van der Waals surface area (Å²) in [5, 5.41) is 13.6. The first-order chi connectivity index (χ1) is 3.83. The summed E-state index contributed by atoms with van der Waals surface area (Å²) in [6.45, 7) is 0. The van der Waals surface area contributed by atoms with Gasteiger partial charge >= 0.3 is 5.71 Å². The summed E-state index contributed by atoms with van der Waals surface area (Å²) in [5.41, 5.74) is 0.465. The molecule has 1 aliphatic heterocycles. The largest absolute Gasteiger partial charge is 0.388 e. The fourth-order valence-corrected chi connectivity index (χ4v) is 0.475. The molecule has 0 amide bonds. The van der Waals surface area contributed by atoms with Crippen LogP contribution >= 0.6 is 0 Å². The zero-order valence-electron chi connectivity index (χ0n) is 4.50. The molecule has 0 saturated heterocycles. The Balaban J connectivity index is 2.77. The second kappa shape index (κ2) is 1.66. The molecule has 0 fully saturated rings. The van der Waals surface area contributed by atoms with E-state index in [2.05, 4.69) is 5.10 Å². The fourth-order valence-electron chi connectivity index (χ4n) is 0.475. The molecule has 1 radical (unpaired) electrons. The lowest BCUT2D eigenvalue weighted by molar-refractivity contribution is 0.441. The van der Waals surface area contributed by atoms with E-state index in [4.69, 9.17) is 5.26 Å². The Morgan fingerprint density at radius 2 is 2.62 bits per heavy atom. The third-order valence-corrected chi connectivity index (χ3v) is 0.828. The van der Waals surface area contributed by atoms with Crippen LogP contribution in [0.3, 0.4) is 0 Å². The van der Waals surface area contributed by atoms with Crippen molar-refractivity contribution in [3.8, 4) is 6.07 Å². The molecule has 0 unspecified atom stereocenters. The quantitative estimate of drug-likeness (QED) is 0.425. The van der Waals surface area contributed by atoms with E-state index < -0.39 is 0 Å². The van der Waals surface area contributed by atoms with Gasteiger partial charge in [-0.3, -0.25) is 0 Å². The maximum Gasteiger partial charge on any atom is 0.388 e. The van der Waals surface area contributed by atoms with E-state index in [1.807, 2.05) is 6.07 Å². The van der Waals surface area contributed by atoms with Gasteiger partial charge in [0.2, 0.25) is 0 Å². The number of rotatable bonds is 0. The molecular formula is C5H5N3+. The molecule has 1 rings (SSSR count). The summed E-state index contributed by atoms with van der Waals surface area (Å²) in [5.74, 6) is 0. The van der Waals surface area contributed by atoms with Crippen molar-refractivity contribution in [3.05, 3.63) is 12.3 Å². The summed E-state index contributed by atoms with van der Waals surface area (Å²) in [7, 11) is 1.78. The second-order valence-corrected chi connectivity index (χ2v) is 1.49. The van der Waals surface area contributed by atoms with E-state index in [1.165, 1.54) is 0 Å². The van der Waals surface area contributed by atoms with Crippen LogP contribution in [0.1, 0.15) is 0 Å². The van der Waals surface area contributed by atoms with Crippen molar-refractivity contribution < 1.29 is 0 Å². The molecule has 1 aliphatic rings. The topological polar surface area (TPSA) is 41.1 Å². The van der Waals surface area contributed by atoms with Crippen LogP contribution in [-0.4, -0.2) is 17.8 Å². The van der Waals surface area contributed by atoms with Crippen molar-refractivity contribution >= 4 is 5.71 Å². The monoisotopic (exact) mass is 107 g/mol. The second-order valence-electron chi connectivity index (χ2n) is 1.49. The number of hydrazone groups is 1. The van der Waals surface area contributed by atoms with Crippen molar-refractivity contribution in [2.75, 3.05) is 7.05 Å². The van der Waals surface area contributed by atoms with Crippen molar-refractivity contribution in [2.45, 2.75) is 0 Å². The molecule has 0 aliphatic carbocycles. The SMILES string of the molecule is CN1C=CC(C#N)=[N+]1. The highest BCUT2D eigenvalue weighted by Crippen LogP contribution is 1.87. The van der Waals surface area contributed by atoms with Crippen LogP contribution in [0.4, 0.5) is 0 Å². The van der Waals surface area contributed by atoms with Crippen LogP contribution in [0.5, 0.6) is 0 Å². The summed E-state index contributed by atoms with van der Waals surface area (Å²) < 4.78 is 0. The highest BCUT2D eigenvalue weighted by Gasteiger charge is 2.15. The van der Waals surface area contributed by atoms with E-state index in [0.717, 1.165) is 0 Å². The Kier molecular flexibility index (Phi) is 1.01. The average Bonchev–Trinajstić information content (AvgIpc) is 2.14. The first-order valence-corrected chi connectivity index (χ1v) is 2.22. The smallest absolute Gasteiger partial charge is 0.186 e. The number of hydrogen-bond acceptors (Lipinski definition) is 3. The Morgan fingerprint density at radius 1 is 1.88 bits per heavy atom. The molecule has 0 atom stereocenters.